The Bertz CT molecular complexity index is 519. The molecular formula is C12H18F3N5. The molecule has 0 radical (unpaired) electrons. The second kappa shape index (κ2) is 5.23. The molecular weight excluding hydrogens is 271 g/mol. The van der Waals surface area contributed by atoms with Crippen molar-refractivity contribution in [2.24, 2.45) is 0 Å². The van der Waals surface area contributed by atoms with Gasteiger partial charge in [0.25, 0.3) is 0 Å². The van der Waals surface area contributed by atoms with Crippen LogP contribution < -0.4 is 10.6 Å². The molecule has 0 aliphatic carbocycles. The van der Waals surface area contributed by atoms with Gasteiger partial charge in [0.15, 0.2) is 5.82 Å². The van der Waals surface area contributed by atoms with Crippen molar-refractivity contribution in [3.63, 3.8) is 0 Å². The molecule has 0 aromatic carbocycles. The van der Waals surface area contributed by atoms with Crippen molar-refractivity contribution in [1.82, 2.24) is 9.78 Å². The Kier molecular flexibility index (Phi) is 4.22. The zero-order valence-corrected chi connectivity index (χ0v) is 11.9. The highest BCUT2D eigenvalue weighted by Gasteiger charge is 2.29. The van der Waals surface area contributed by atoms with E-state index in [1.165, 1.54) is 16.6 Å². The fraction of sp³-hybridized carbons (Fsp3) is 0.667. The molecule has 0 unspecified atom stereocenters. The van der Waals surface area contributed by atoms with Crippen molar-refractivity contribution in [3.05, 3.63) is 5.56 Å². The van der Waals surface area contributed by atoms with Crippen LogP contribution in [0, 0.1) is 11.3 Å². The van der Waals surface area contributed by atoms with E-state index in [0.29, 0.717) is 0 Å². The predicted octanol–water partition coefficient (Wildman–Crippen LogP) is 2.48. The highest BCUT2D eigenvalue weighted by molar-refractivity contribution is 5.65. The number of nitriles is 1. The van der Waals surface area contributed by atoms with E-state index in [9.17, 15) is 13.2 Å². The Balaban J connectivity index is 3.10. The molecule has 5 nitrogen and oxygen atoms in total. The lowest BCUT2D eigenvalue weighted by molar-refractivity contribution is -0.132. The molecule has 0 fully saturated rings. The Morgan fingerprint density at radius 3 is 2.30 bits per heavy atom. The fourth-order valence-electron chi connectivity index (χ4n) is 1.71. The lowest BCUT2D eigenvalue weighted by Crippen LogP contribution is -2.27. The van der Waals surface area contributed by atoms with Crippen molar-refractivity contribution in [1.29, 1.82) is 5.26 Å². The summed E-state index contributed by atoms with van der Waals surface area (Å²) in [5.74, 6) is 0.332. The van der Waals surface area contributed by atoms with Crippen molar-refractivity contribution < 1.29 is 13.2 Å². The van der Waals surface area contributed by atoms with Gasteiger partial charge in [-0.05, 0) is 20.8 Å². The molecule has 0 aliphatic heterocycles. The van der Waals surface area contributed by atoms with Gasteiger partial charge in [0, 0.05) is 13.6 Å². The number of alkyl halides is 3. The largest absolute Gasteiger partial charge is 0.390 e. The van der Waals surface area contributed by atoms with Crippen molar-refractivity contribution in [2.75, 3.05) is 24.2 Å². The van der Waals surface area contributed by atoms with Gasteiger partial charge in [0.2, 0.25) is 0 Å². The van der Waals surface area contributed by atoms with E-state index < -0.39 is 18.1 Å². The van der Waals surface area contributed by atoms with E-state index in [4.69, 9.17) is 11.0 Å². The smallest absolute Gasteiger partial charge is 0.383 e. The third kappa shape index (κ3) is 3.56. The molecule has 0 aliphatic rings. The summed E-state index contributed by atoms with van der Waals surface area (Å²) in [6.07, 6.45) is -5.23. The van der Waals surface area contributed by atoms with Gasteiger partial charge in [0.05, 0.1) is 12.0 Å². The van der Waals surface area contributed by atoms with Crippen molar-refractivity contribution in [2.45, 2.75) is 38.9 Å². The van der Waals surface area contributed by atoms with Gasteiger partial charge in [-0.2, -0.15) is 23.5 Å². The molecule has 0 spiro atoms. The van der Waals surface area contributed by atoms with Crippen LogP contribution in [-0.2, 0) is 5.54 Å². The minimum absolute atomic E-state index is 0.101. The number of hydrogen-bond donors (Lipinski definition) is 1. The summed E-state index contributed by atoms with van der Waals surface area (Å²) in [6.45, 7) is 5.25. The fourth-order valence-corrected chi connectivity index (χ4v) is 1.71. The first-order valence-electron chi connectivity index (χ1n) is 6.04. The van der Waals surface area contributed by atoms with E-state index in [-0.39, 0.29) is 23.7 Å². The second-order valence-electron chi connectivity index (χ2n) is 5.57. The number of hydrogen-bond acceptors (Lipinski definition) is 4. The molecule has 0 bridgehead atoms. The van der Waals surface area contributed by atoms with Gasteiger partial charge in [-0.1, -0.05) is 0 Å². The van der Waals surface area contributed by atoms with Gasteiger partial charge in [-0.3, -0.25) is 0 Å². The van der Waals surface area contributed by atoms with Gasteiger partial charge in [0.1, 0.15) is 17.5 Å². The second-order valence-corrected chi connectivity index (χ2v) is 5.57. The zero-order chi connectivity index (χ0) is 15.7. The van der Waals surface area contributed by atoms with Gasteiger partial charge in [-0.25, -0.2) is 4.68 Å². The first-order valence-corrected chi connectivity index (χ1v) is 6.04. The summed E-state index contributed by atoms with van der Waals surface area (Å²) in [6, 6.07) is 1.90. The lowest BCUT2D eigenvalue weighted by Gasteiger charge is -2.21. The molecule has 1 aromatic heterocycles. The number of aromatic nitrogens is 2. The Labute approximate surface area is 115 Å². The normalized spacial score (nSPS) is 12.3. The van der Waals surface area contributed by atoms with Crippen LogP contribution in [0.3, 0.4) is 0 Å². The highest BCUT2D eigenvalue weighted by atomic mass is 19.4. The Morgan fingerprint density at radius 2 is 1.90 bits per heavy atom. The first kappa shape index (κ1) is 16.1. The van der Waals surface area contributed by atoms with Crippen LogP contribution in [-0.4, -0.2) is 29.5 Å². The standard InChI is InChI=1S/C12H18F3N5/c1-11(2,3)20-9(17)8(7-16)10(18-20)19(4)6-5-12(13,14)15/h5-6,17H2,1-4H3. The highest BCUT2D eigenvalue weighted by Crippen LogP contribution is 2.29. The number of anilines is 2. The third-order valence-electron chi connectivity index (χ3n) is 2.74. The van der Waals surface area contributed by atoms with Crippen LogP contribution >= 0.6 is 0 Å². The van der Waals surface area contributed by atoms with Gasteiger partial charge in [-0.15, -0.1) is 0 Å². The average Bonchev–Trinajstić information content (AvgIpc) is 2.61. The minimum atomic E-state index is -4.25. The maximum Gasteiger partial charge on any atom is 0.390 e. The number of nitrogens with two attached hydrogens (primary N) is 1. The molecule has 8 heteroatoms. The van der Waals surface area contributed by atoms with Crippen LogP contribution in [0.2, 0.25) is 0 Å². The lowest BCUT2D eigenvalue weighted by atomic mass is 10.1. The SMILES string of the molecule is CN(CCC(F)(F)F)c1nn(C(C)(C)C)c(N)c1C#N. The molecule has 112 valence electrons. The Hall–Kier alpha value is -1.91. The third-order valence-corrected chi connectivity index (χ3v) is 2.74. The van der Waals surface area contributed by atoms with E-state index in [2.05, 4.69) is 5.10 Å². The number of nitrogen functional groups attached to an aromatic ring is 1. The quantitative estimate of drug-likeness (QED) is 0.928. The molecule has 1 rings (SSSR count). The van der Waals surface area contributed by atoms with Crippen LogP contribution in [0.4, 0.5) is 24.8 Å². The van der Waals surface area contributed by atoms with Crippen LogP contribution in [0.15, 0.2) is 0 Å². The minimum Gasteiger partial charge on any atom is -0.383 e. The monoisotopic (exact) mass is 289 g/mol. The summed E-state index contributed by atoms with van der Waals surface area (Å²) < 4.78 is 38.2. The van der Waals surface area contributed by atoms with E-state index >= 15 is 0 Å². The van der Waals surface area contributed by atoms with Gasteiger partial charge >= 0.3 is 6.18 Å². The van der Waals surface area contributed by atoms with Crippen LogP contribution in [0.1, 0.15) is 32.8 Å². The van der Waals surface area contributed by atoms with Crippen molar-refractivity contribution in [3.8, 4) is 6.07 Å². The predicted molar refractivity (Wildman–Crippen MR) is 70.3 cm³/mol. The molecule has 0 amide bonds. The van der Waals surface area contributed by atoms with Crippen LogP contribution in [0.25, 0.3) is 0 Å². The maximum absolute atomic E-state index is 12.2. The summed E-state index contributed by atoms with van der Waals surface area (Å²) >= 11 is 0. The molecule has 0 atom stereocenters. The maximum atomic E-state index is 12.2. The van der Waals surface area contributed by atoms with Crippen molar-refractivity contribution >= 4 is 11.6 Å². The first-order chi connectivity index (χ1) is 8.97. The zero-order valence-electron chi connectivity index (χ0n) is 11.9. The summed E-state index contributed by atoms with van der Waals surface area (Å²) in [7, 11) is 1.46. The van der Waals surface area contributed by atoms with E-state index in [0.717, 1.165) is 0 Å². The molecule has 20 heavy (non-hydrogen) atoms. The van der Waals surface area contributed by atoms with E-state index in [1.807, 2.05) is 26.8 Å². The number of rotatable bonds is 3. The van der Waals surface area contributed by atoms with E-state index in [1.54, 1.807) is 0 Å². The summed E-state index contributed by atoms with van der Waals surface area (Å²) in [5.41, 5.74) is 5.49. The molecule has 1 aromatic rings. The molecule has 0 saturated heterocycles. The number of nitrogens with zero attached hydrogens (tertiary/aromatic N) is 4. The van der Waals surface area contributed by atoms with Crippen LogP contribution in [0.5, 0.6) is 0 Å². The molecule has 1 heterocycles. The summed E-state index contributed by atoms with van der Waals surface area (Å²) in [5, 5.41) is 13.3. The molecule has 0 saturated carbocycles. The molecule has 2 N–H and O–H groups in total. The average molecular weight is 289 g/mol. The summed E-state index contributed by atoms with van der Waals surface area (Å²) in [4.78, 5) is 1.30. The topological polar surface area (TPSA) is 70.9 Å². The van der Waals surface area contributed by atoms with Gasteiger partial charge < -0.3 is 10.6 Å². The number of halogens is 3. The Morgan fingerprint density at radius 1 is 1.35 bits per heavy atom.